The Balaban J connectivity index is 1.37. The van der Waals surface area contributed by atoms with Crippen LogP contribution in [0.15, 0.2) is 54.5 Å². The van der Waals surface area contributed by atoms with Crippen molar-refractivity contribution < 1.29 is 5.11 Å². The molecule has 0 bridgehead atoms. The third-order valence-corrected chi connectivity index (χ3v) is 6.27. The second-order valence-electron chi connectivity index (χ2n) is 8.18. The lowest BCUT2D eigenvalue weighted by Crippen LogP contribution is -2.45. The van der Waals surface area contributed by atoms with E-state index in [0.29, 0.717) is 12.5 Å². The van der Waals surface area contributed by atoms with Crippen LogP contribution >= 0.6 is 0 Å². The van der Waals surface area contributed by atoms with E-state index in [2.05, 4.69) is 63.4 Å². The molecule has 5 rings (SSSR count). The predicted molar refractivity (Wildman–Crippen MR) is 117 cm³/mol. The summed E-state index contributed by atoms with van der Waals surface area (Å²) in [5, 5.41) is 18.1. The number of fused-ring (bicyclic) bond motifs is 1. The summed E-state index contributed by atoms with van der Waals surface area (Å²) < 4.78 is 1.82. The zero-order chi connectivity index (χ0) is 20.6. The monoisotopic (exact) mass is 405 g/mol. The van der Waals surface area contributed by atoms with Crippen molar-refractivity contribution in [3.8, 4) is 0 Å². The minimum absolute atomic E-state index is 0.171. The van der Waals surface area contributed by atoms with Crippen LogP contribution in [0.5, 0.6) is 0 Å². The molecule has 0 atom stereocenters. The zero-order valence-corrected chi connectivity index (χ0v) is 17.1. The van der Waals surface area contributed by atoms with Gasteiger partial charge >= 0.3 is 0 Å². The Labute approximate surface area is 175 Å². The van der Waals surface area contributed by atoms with E-state index in [9.17, 15) is 5.11 Å². The molecule has 2 aliphatic heterocycles. The maximum absolute atomic E-state index is 10.3. The molecular formula is C22H27N7O. The minimum Gasteiger partial charge on any atom is -0.395 e. The SMILES string of the molecule is Cc1ccc(C2(CO)CCN(c3cccn4nc(NC5=CNNC5)nc34)CC2)cc1. The van der Waals surface area contributed by atoms with Gasteiger partial charge in [0.05, 0.1) is 24.5 Å². The third kappa shape index (κ3) is 3.38. The van der Waals surface area contributed by atoms with Crippen LogP contribution in [0.25, 0.3) is 5.65 Å². The summed E-state index contributed by atoms with van der Waals surface area (Å²) in [5.41, 5.74) is 11.2. The molecule has 8 nitrogen and oxygen atoms in total. The Morgan fingerprint density at radius 2 is 1.97 bits per heavy atom. The standard InChI is InChI=1S/C22H27N7O/c1-16-4-6-17(7-5-16)22(15-30)8-11-28(12-9-22)19-3-2-10-29-20(19)26-21(27-29)25-18-13-23-24-14-18/h2-7,10,13,23-24,30H,8-9,11-12,14-15H2,1H3,(H,25,27). The molecule has 0 unspecified atom stereocenters. The third-order valence-electron chi connectivity index (χ3n) is 6.27. The topological polar surface area (TPSA) is 89.8 Å². The molecule has 0 amide bonds. The van der Waals surface area contributed by atoms with Gasteiger partial charge in [0.1, 0.15) is 0 Å². The number of rotatable bonds is 5. The Kier molecular flexibility index (Phi) is 4.80. The number of hydrazine groups is 1. The minimum atomic E-state index is -0.176. The highest BCUT2D eigenvalue weighted by molar-refractivity contribution is 5.70. The lowest BCUT2D eigenvalue weighted by atomic mass is 9.73. The van der Waals surface area contributed by atoms with Crippen molar-refractivity contribution in [3.05, 3.63) is 65.6 Å². The first-order chi connectivity index (χ1) is 14.7. The summed E-state index contributed by atoms with van der Waals surface area (Å²) in [5.74, 6) is 0.584. The van der Waals surface area contributed by atoms with Crippen molar-refractivity contribution in [1.29, 1.82) is 0 Å². The van der Waals surface area contributed by atoms with Crippen LogP contribution < -0.4 is 21.1 Å². The maximum Gasteiger partial charge on any atom is 0.247 e. The van der Waals surface area contributed by atoms with Crippen molar-refractivity contribution in [1.82, 2.24) is 25.4 Å². The lowest BCUT2D eigenvalue weighted by molar-refractivity contribution is 0.165. The van der Waals surface area contributed by atoms with Crippen molar-refractivity contribution in [2.75, 3.05) is 36.5 Å². The largest absolute Gasteiger partial charge is 0.395 e. The summed E-state index contributed by atoms with van der Waals surface area (Å²) in [6.45, 7) is 4.70. The first-order valence-corrected chi connectivity index (χ1v) is 10.4. The number of aromatic nitrogens is 3. The second-order valence-corrected chi connectivity index (χ2v) is 8.18. The summed E-state index contributed by atoms with van der Waals surface area (Å²) in [7, 11) is 0. The van der Waals surface area contributed by atoms with Gasteiger partial charge in [-0.25, -0.2) is 9.94 Å². The molecule has 30 heavy (non-hydrogen) atoms. The average Bonchev–Trinajstić information content (AvgIpc) is 3.44. The molecule has 156 valence electrons. The molecule has 4 N–H and O–H groups in total. The summed E-state index contributed by atoms with van der Waals surface area (Å²) in [6, 6.07) is 12.7. The number of anilines is 2. The van der Waals surface area contributed by atoms with E-state index in [4.69, 9.17) is 4.98 Å². The zero-order valence-electron chi connectivity index (χ0n) is 17.1. The number of piperidine rings is 1. The molecule has 1 saturated heterocycles. The van der Waals surface area contributed by atoms with Gasteiger partial charge in [-0.1, -0.05) is 29.8 Å². The van der Waals surface area contributed by atoms with Crippen molar-refractivity contribution in [2.45, 2.75) is 25.2 Å². The van der Waals surface area contributed by atoms with E-state index >= 15 is 0 Å². The number of aryl methyl sites for hydroxylation is 1. The van der Waals surface area contributed by atoms with Crippen molar-refractivity contribution in [3.63, 3.8) is 0 Å². The molecule has 4 heterocycles. The fourth-order valence-electron chi connectivity index (χ4n) is 4.37. The number of hydrogen-bond donors (Lipinski definition) is 4. The van der Waals surface area contributed by atoms with E-state index in [1.165, 1.54) is 11.1 Å². The van der Waals surface area contributed by atoms with Gasteiger partial charge in [0, 0.05) is 30.9 Å². The Bertz CT molecular complexity index is 1060. The Hall–Kier alpha value is -3.10. The Morgan fingerprint density at radius 1 is 1.17 bits per heavy atom. The van der Waals surface area contributed by atoms with Gasteiger partial charge in [-0.15, -0.1) is 5.10 Å². The molecule has 0 saturated carbocycles. The van der Waals surface area contributed by atoms with Crippen LogP contribution in [0.1, 0.15) is 24.0 Å². The summed E-state index contributed by atoms with van der Waals surface area (Å²) >= 11 is 0. The molecule has 2 aromatic heterocycles. The van der Waals surface area contributed by atoms with Crippen LogP contribution in [0.3, 0.4) is 0 Å². The van der Waals surface area contributed by atoms with Gasteiger partial charge in [-0.2, -0.15) is 4.98 Å². The van der Waals surface area contributed by atoms with E-state index in [1.807, 2.05) is 23.0 Å². The van der Waals surface area contributed by atoms with Gasteiger partial charge in [0.15, 0.2) is 5.65 Å². The van der Waals surface area contributed by atoms with E-state index in [0.717, 1.165) is 43.0 Å². The molecule has 8 heteroatoms. The van der Waals surface area contributed by atoms with Gasteiger partial charge in [-0.3, -0.25) is 0 Å². The maximum atomic E-state index is 10.3. The van der Waals surface area contributed by atoms with E-state index < -0.39 is 0 Å². The molecular weight excluding hydrogens is 378 g/mol. The number of nitrogens with zero attached hydrogens (tertiary/aromatic N) is 4. The number of benzene rings is 1. The highest BCUT2D eigenvalue weighted by atomic mass is 16.3. The van der Waals surface area contributed by atoms with Crippen LogP contribution in [0.4, 0.5) is 11.6 Å². The number of aliphatic hydroxyl groups excluding tert-OH is 1. The first-order valence-electron chi connectivity index (χ1n) is 10.4. The van der Waals surface area contributed by atoms with Crippen molar-refractivity contribution >= 4 is 17.3 Å². The first kappa shape index (κ1) is 18.9. The molecule has 1 aromatic carbocycles. The summed E-state index contributed by atoms with van der Waals surface area (Å²) in [6.07, 6.45) is 5.59. The van der Waals surface area contributed by atoms with Crippen LogP contribution in [0.2, 0.25) is 0 Å². The molecule has 3 aromatic rings. The van der Waals surface area contributed by atoms with Crippen LogP contribution in [-0.4, -0.2) is 45.9 Å². The smallest absolute Gasteiger partial charge is 0.247 e. The fraction of sp³-hybridized carbons (Fsp3) is 0.364. The highest BCUT2D eigenvalue weighted by Gasteiger charge is 2.36. The second kappa shape index (κ2) is 7.62. The van der Waals surface area contributed by atoms with Crippen LogP contribution in [-0.2, 0) is 5.41 Å². The fourth-order valence-corrected chi connectivity index (χ4v) is 4.37. The van der Waals surface area contributed by atoms with Crippen LogP contribution in [0, 0.1) is 6.92 Å². The van der Waals surface area contributed by atoms with Gasteiger partial charge < -0.3 is 20.7 Å². The quantitative estimate of drug-likeness (QED) is 0.516. The average molecular weight is 406 g/mol. The molecule has 2 aliphatic rings. The molecule has 0 radical (unpaired) electrons. The molecule has 0 aliphatic carbocycles. The normalized spacial score (nSPS) is 18.3. The highest BCUT2D eigenvalue weighted by Crippen LogP contribution is 2.37. The molecule has 0 spiro atoms. The lowest BCUT2D eigenvalue weighted by Gasteiger charge is -2.42. The van der Waals surface area contributed by atoms with Gasteiger partial charge in [-0.05, 0) is 37.5 Å². The molecule has 1 fully saturated rings. The van der Waals surface area contributed by atoms with Crippen molar-refractivity contribution in [2.24, 2.45) is 0 Å². The van der Waals surface area contributed by atoms with E-state index in [1.54, 1.807) is 0 Å². The van der Waals surface area contributed by atoms with Gasteiger partial charge in [0.25, 0.3) is 0 Å². The van der Waals surface area contributed by atoms with Gasteiger partial charge in [0.2, 0.25) is 5.95 Å². The number of hydrogen-bond acceptors (Lipinski definition) is 7. The van der Waals surface area contributed by atoms with E-state index in [-0.39, 0.29) is 12.0 Å². The summed E-state index contributed by atoms with van der Waals surface area (Å²) in [4.78, 5) is 7.08. The predicted octanol–water partition coefficient (Wildman–Crippen LogP) is 1.93. The number of pyridine rings is 1. The number of aliphatic hydroxyl groups is 1. The number of nitrogens with one attached hydrogen (secondary N) is 3. The Morgan fingerprint density at radius 3 is 2.67 bits per heavy atom.